The van der Waals surface area contributed by atoms with Crippen LogP contribution in [0.4, 0.5) is 0 Å². The van der Waals surface area contributed by atoms with Crippen molar-refractivity contribution in [1.82, 2.24) is 15.1 Å². The summed E-state index contributed by atoms with van der Waals surface area (Å²) >= 11 is 8.22. The van der Waals surface area contributed by atoms with E-state index >= 15 is 0 Å². The van der Waals surface area contributed by atoms with Crippen molar-refractivity contribution in [3.63, 3.8) is 0 Å². The molecule has 1 aromatic rings. The first-order valence-corrected chi connectivity index (χ1v) is 7.18. The number of nitrogens with one attached hydrogen (secondary N) is 1. The van der Waals surface area contributed by atoms with Crippen molar-refractivity contribution >= 4 is 23.4 Å². The summed E-state index contributed by atoms with van der Waals surface area (Å²) in [6.07, 6.45) is 1.34. The maximum Gasteiger partial charge on any atom is 0.131 e. The molecule has 1 aliphatic heterocycles. The van der Waals surface area contributed by atoms with Crippen molar-refractivity contribution in [3.8, 4) is 0 Å². The van der Waals surface area contributed by atoms with Gasteiger partial charge in [-0.2, -0.15) is 16.9 Å². The normalized spacial score (nSPS) is 20.6. The molecule has 5 heteroatoms. The van der Waals surface area contributed by atoms with Crippen molar-refractivity contribution in [3.05, 3.63) is 16.4 Å². The predicted octanol–water partition coefficient (Wildman–Crippen LogP) is 2.22. The van der Waals surface area contributed by atoms with E-state index in [9.17, 15) is 0 Å². The van der Waals surface area contributed by atoms with Crippen LogP contribution in [-0.4, -0.2) is 27.8 Å². The van der Waals surface area contributed by atoms with Gasteiger partial charge in [0.25, 0.3) is 0 Å². The molecule has 1 aromatic heterocycles. The molecule has 3 nitrogen and oxygen atoms in total. The molecule has 0 amide bonds. The molecule has 1 fully saturated rings. The van der Waals surface area contributed by atoms with Crippen molar-refractivity contribution in [2.45, 2.75) is 19.9 Å². The molecule has 90 valence electrons. The molecule has 2 rings (SSSR count). The molecule has 1 atom stereocenters. The molecule has 0 bridgehead atoms. The van der Waals surface area contributed by atoms with Crippen LogP contribution in [0.15, 0.2) is 0 Å². The summed E-state index contributed by atoms with van der Waals surface area (Å²) in [5.41, 5.74) is 2.16. The largest absolute Gasteiger partial charge is 0.312 e. The molecule has 0 saturated carbocycles. The van der Waals surface area contributed by atoms with Gasteiger partial charge in [0.1, 0.15) is 5.15 Å². The Balaban J connectivity index is 1.84. The van der Waals surface area contributed by atoms with Crippen molar-refractivity contribution in [2.24, 2.45) is 13.0 Å². The second-order valence-electron chi connectivity index (χ2n) is 4.34. The molecule has 0 aromatic carbocycles. The zero-order valence-electron chi connectivity index (χ0n) is 9.79. The molecular weight excluding hydrogens is 242 g/mol. The number of halogens is 1. The van der Waals surface area contributed by atoms with Crippen molar-refractivity contribution in [1.29, 1.82) is 0 Å². The van der Waals surface area contributed by atoms with Crippen LogP contribution in [0.1, 0.15) is 17.7 Å². The minimum atomic E-state index is 0.755. The summed E-state index contributed by atoms with van der Waals surface area (Å²) in [7, 11) is 1.88. The lowest BCUT2D eigenvalue weighted by molar-refractivity contribution is 0.523. The van der Waals surface area contributed by atoms with Gasteiger partial charge in [0.2, 0.25) is 0 Å². The minimum Gasteiger partial charge on any atom is -0.312 e. The highest BCUT2D eigenvalue weighted by molar-refractivity contribution is 7.99. The van der Waals surface area contributed by atoms with Gasteiger partial charge < -0.3 is 5.32 Å². The number of hydrogen-bond acceptors (Lipinski definition) is 3. The Morgan fingerprint density at radius 1 is 1.62 bits per heavy atom. The average molecular weight is 260 g/mol. The Hall–Kier alpha value is -0.190. The van der Waals surface area contributed by atoms with E-state index in [0.29, 0.717) is 0 Å². The van der Waals surface area contributed by atoms with E-state index < -0.39 is 0 Å². The maximum atomic E-state index is 6.17. The first-order valence-electron chi connectivity index (χ1n) is 5.65. The molecule has 0 spiro atoms. The highest BCUT2D eigenvalue weighted by atomic mass is 35.5. The average Bonchev–Trinajstić information content (AvgIpc) is 2.82. The summed E-state index contributed by atoms with van der Waals surface area (Å²) < 4.78 is 1.74. The van der Waals surface area contributed by atoms with Gasteiger partial charge in [0, 0.05) is 19.2 Å². The summed E-state index contributed by atoms with van der Waals surface area (Å²) in [5.74, 6) is 3.45. The molecule has 1 unspecified atom stereocenters. The van der Waals surface area contributed by atoms with Crippen LogP contribution in [0, 0.1) is 12.8 Å². The zero-order valence-corrected chi connectivity index (χ0v) is 11.4. The molecule has 16 heavy (non-hydrogen) atoms. The fourth-order valence-electron chi connectivity index (χ4n) is 2.02. The van der Waals surface area contributed by atoms with E-state index in [1.54, 1.807) is 4.68 Å². The van der Waals surface area contributed by atoms with Gasteiger partial charge in [0.15, 0.2) is 0 Å². The highest BCUT2D eigenvalue weighted by Crippen LogP contribution is 2.23. The zero-order chi connectivity index (χ0) is 11.5. The Morgan fingerprint density at radius 2 is 2.44 bits per heavy atom. The van der Waals surface area contributed by atoms with Gasteiger partial charge in [-0.25, -0.2) is 0 Å². The van der Waals surface area contributed by atoms with Gasteiger partial charge in [-0.3, -0.25) is 4.68 Å². The standard InChI is InChI=1S/C11H18ClN3S/c1-8-10(11(12)15(2)14-8)6-13-5-9-3-4-16-7-9/h9,13H,3-7H2,1-2H3. The van der Waals surface area contributed by atoms with Gasteiger partial charge >= 0.3 is 0 Å². The van der Waals surface area contributed by atoms with Gasteiger partial charge in [-0.1, -0.05) is 11.6 Å². The van der Waals surface area contributed by atoms with Crippen LogP contribution in [0.25, 0.3) is 0 Å². The fraction of sp³-hybridized carbons (Fsp3) is 0.727. The van der Waals surface area contributed by atoms with Crippen LogP contribution in [0.5, 0.6) is 0 Å². The predicted molar refractivity (Wildman–Crippen MR) is 70.1 cm³/mol. The SMILES string of the molecule is Cc1nn(C)c(Cl)c1CNCC1CCSC1. The summed E-state index contributed by atoms with van der Waals surface area (Å²) in [5, 5.41) is 8.54. The van der Waals surface area contributed by atoms with E-state index in [1.807, 2.05) is 14.0 Å². The lowest BCUT2D eigenvalue weighted by Gasteiger charge is -2.09. The first-order chi connectivity index (χ1) is 7.68. The van der Waals surface area contributed by atoms with Gasteiger partial charge in [0.05, 0.1) is 5.69 Å². The molecular formula is C11H18ClN3S. The van der Waals surface area contributed by atoms with E-state index in [0.717, 1.165) is 35.4 Å². The number of aryl methyl sites for hydroxylation is 2. The van der Waals surface area contributed by atoms with Gasteiger partial charge in [-0.05, 0) is 37.3 Å². The van der Waals surface area contributed by atoms with Crippen LogP contribution in [0.2, 0.25) is 5.15 Å². The van der Waals surface area contributed by atoms with Crippen LogP contribution < -0.4 is 5.32 Å². The van der Waals surface area contributed by atoms with Crippen LogP contribution >= 0.6 is 23.4 Å². The molecule has 1 N–H and O–H groups in total. The lowest BCUT2D eigenvalue weighted by Crippen LogP contribution is -2.22. The molecule has 1 aliphatic rings. The Bertz CT molecular complexity index is 358. The topological polar surface area (TPSA) is 29.9 Å². The minimum absolute atomic E-state index is 0.755. The van der Waals surface area contributed by atoms with Crippen molar-refractivity contribution in [2.75, 3.05) is 18.1 Å². The second kappa shape index (κ2) is 5.43. The fourth-order valence-corrected chi connectivity index (χ4v) is 3.55. The van der Waals surface area contributed by atoms with E-state index in [2.05, 4.69) is 22.2 Å². The molecule has 0 aliphatic carbocycles. The molecule has 1 saturated heterocycles. The summed E-state index contributed by atoms with van der Waals surface area (Å²) in [6.45, 7) is 3.94. The van der Waals surface area contributed by atoms with E-state index in [1.165, 1.54) is 17.9 Å². The van der Waals surface area contributed by atoms with E-state index in [-0.39, 0.29) is 0 Å². The number of aromatic nitrogens is 2. The number of thioether (sulfide) groups is 1. The number of nitrogens with zero attached hydrogens (tertiary/aromatic N) is 2. The Labute approximate surface area is 106 Å². The smallest absolute Gasteiger partial charge is 0.131 e. The number of hydrogen-bond donors (Lipinski definition) is 1. The Kier molecular flexibility index (Phi) is 4.16. The maximum absolute atomic E-state index is 6.17. The summed E-state index contributed by atoms with van der Waals surface area (Å²) in [4.78, 5) is 0. The number of rotatable bonds is 4. The molecule has 0 radical (unpaired) electrons. The summed E-state index contributed by atoms with van der Waals surface area (Å²) in [6, 6.07) is 0. The first kappa shape index (κ1) is 12.3. The van der Waals surface area contributed by atoms with Crippen LogP contribution in [0.3, 0.4) is 0 Å². The Morgan fingerprint density at radius 3 is 3.00 bits per heavy atom. The van der Waals surface area contributed by atoms with Crippen molar-refractivity contribution < 1.29 is 0 Å². The van der Waals surface area contributed by atoms with E-state index in [4.69, 9.17) is 11.6 Å². The van der Waals surface area contributed by atoms with Gasteiger partial charge in [-0.15, -0.1) is 0 Å². The third kappa shape index (κ3) is 2.73. The molecule has 2 heterocycles. The third-order valence-electron chi connectivity index (χ3n) is 3.03. The highest BCUT2D eigenvalue weighted by Gasteiger charge is 2.16. The lowest BCUT2D eigenvalue weighted by atomic mass is 10.1. The van der Waals surface area contributed by atoms with Crippen LogP contribution in [-0.2, 0) is 13.6 Å². The second-order valence-corrected chi connectivity index (χ2v) is 5.85. The monoisotopic (exact) mass is 259 g/mol. The quantitative estimate of drug-likeness (QED) is 0.899. The third-order valence-corrected chi connectivity index (χ3v) is 4.73.